The molecule has 2 heterocycles. The van der Waals surface area contributed by atoms with Crippen LogP contribution in [0.25, 0.3) is 0 Å². The summed E-state index contributed by atoms with van der Waals surface area (Å²) in [5.74, 6) is 0.403. The minimum atomic E-state index is -0.392. The second kappa shape index (κ2) is 10.7. The van der Waals surface area contributed by atoms with Gasteiger partial charge in [-0.25, -0.2) is 15.6 Å². The van der Waals surface area contributed by atoms with E-state index in [9.17, 15) is 9.59 Å². The van der Waals surface area contributed by atoms with Gasteiger partial charge in [0.2, 0.25) is 5.91 Å². The first-order valence-electron chi connectivity index (χ1n) is 13.0. The smallest absolute Gasteiger partial charge is 0.338 e. The van der Waals surface area contributed by atoms with Crippen molar-refractivity contribution in [2.75, 3.05) is 18.1 Å². The van der Waals surface area contributed by atoms with E-state index in [1.807, 2.05) is 36.1 Å². The number of hydrazine groups is 1. The predicted octanol–water partition coefficient (Wildman–Crippen LogP) is 4.75. The van der Waals surface area contributed by atoms with Gasteiger partial charge >= 0.3 is 5.97 Å². The summed E-state index contributed by atoms with van der Waals surface area (Å²) in [6, 6.07) is 23.0. The van der Waals surface area contributed by atoms with Gasteiger partial charge in [-0.3, -0.25) is 4.79 Å². The number of nitrogens with zero attached hydrogens (tertiary/aromatic N) is 1. The molecule has 7 nitrogen and oxygen atoms in total. The van der Waals surface area contributed by atoms with E-state index < -0.39 is 6.04 Å². The molecule has 7 heteroatoms. The highest BCUT2D eigenvalue weighted by Crippen LogP contribution is 2.49. The van der Waals surface area contributed by atoms with E-state index in [-0.39, 0.29) is 29.9 Å². The molecular weight excluding hydrogens is 466 g/mol. The molecule has 0 saturated carbocycles. The lowest BCUT2D eigenvalue weighted by atomic mass is 9.83. The van der Waals surface area contributed by atoms with E-state index in [4.69, 9.17) is 9.47 Å². The summed E-state index contributed by atoms with van der Waals surface area (Å²) in [6.07, 6.45) is 0.951. The van der Waals surface area contributed by atoms with Gasteiger partial charge in [0, 0.05) is 11.6 Å². The third-order valence-electron chi connectivity index (χ3n) is 7.25. The van der Waals surface area contributed by atoms with Crippen LogP contribution in [0.3, 0.4) is 0 Å². The van der Waals surface area contributed by atoms with Crippen LogP contribution in [0.1, 0.15) is 59.9 Å². The Morgan fingerprint density at radius 3 is 2.08 bits per heavy atom. The van der Waals surface area contributed by atoms with E-state index >= 15 is 0 Å². The second-order valence-corrected chi connectivity index (χ2v) is 9.34. The van der Waals surface area contributed by atoms with Gasteiger partial charge in [0.25, 0.3) is 0 Å². The molecule has 4 atom stereocenters. The zero-order valence-corrected chi connectivity index (χ0v) is 21.4. The van der Waals surface area contributed by atoms with Crippen LogP contribution in [0, 0.1) is 5.92 Å². The molecule has 3 aromatic carbocycles. The van der Waals surface area contributed by atoms with E-state index in [1.165, 1.54) is 5.56 Å². The number of aryl methyl sites for hydroxylation is 1. The van der Waals surface area contributed by atoms with Crippen molar-refractivity contribution in [3.63, 3.8) is 0 Å². The van der Waals surface area contributed by atoms with E-state index in [1.54, 1.807) is 19.1 Å². The minimum Gasteiger partial charge on any atom is -0.494 e. The number of nitrogens with one attached hydrogen (secondary N) is 2. The Hall–Kier alpha value is -3.68. The lowest BCUT2D eigenvalue weighted by Gasteiger charge is -2.31. The maximum absolute atomic E-state index is 13.8. The highest BCUT2D eigenvalue weighted by Gasteiger charge is 2.56. The van der Waals surface area contributed by atoms with Crippen LogP contribution < -0.4 is 20.5 Å². The Bertz CT molecular complexity index is 1240. The van der Waals surface area contributed by atoms with Crippen LogP contribution in [0.5, 0.6) is 5.75 Å². The first kappa shape index (κ1) is 25.0. The lowest BCUT2D eigenvalue weighted by molar-refractivity contribution is -0.119. The Labute approximate surface area is 217 Å². The van der Waals surface area contributed by atoms with Gasteiger partial charge in [0.05, 0.1) is 30.9 Å². The quantitative estimate of drug-likeness (QED) is 0.436. The minimum absolute atomic E-state index is 0.000566. The topological polar surface area (TPSA) is 79.9 Å². The van der Waals surface area contributed by atoms with Crippen molar-refractivity contribution < 1.29 is 19.1 Å². The van der Waals surface area contributed by atoms with Crippen LogP contribution in [0.2, 0.25) is 0 Å². The number of anilines is 1. The molecule has 2 aliphatic heterocycles. The Kier molecular flexibility index (Phi) is 7.26. The fraction of sp³-hybridized carbons (Fsp3) is 0.333. The molecule has 0 spiro atoms. The van der Waals surface area contributed by atoms with Gasteiger partial charge in [-0.05, 0) is 73.4 Å². The van der Waals surface area contributed by atoms with Gasteiger partial charge in [-0.15, -0.1) is 0 Å². The lowest BCUT2D eigenvalue weighted by Crippen LogP contribution is -2.41. The third kappa shape index (κ3) is 4.72. The second-order valence-electron chi connectivity index (χ2n) is 9.34. The van der Waals surface area contributed by atoms with Gasteiger partial charge in [-0.1, -0.05) is 43.3 Å². The number of esters is 1. The molecule has 0 aliphatic carbocycles. The molecule has 0 aromatic heterocycles. The highest BCUT2D eigenvalue weighted by molar-refractivity contribution is 6.02. The summed E-state index contributed by atoms with van der Waals surface area (Å²) >= 11 is 0. The molecule has 5 rings (SSSR count). The normalized spacial score (nSPS) is 22.7. The maximum atomic E-state index is 13.8. The number of fused-ring (bicyclic) bond motifs is 1. The molecule has 2 aliphatic rings. The molecule has 192 valence electrons. The number of hydrogen-bond donors (Lipinski definition) is 2. The fourth-order valence-electron chi connectivity index (χ4n) is 5.44. The molecule has 37 heavy (non-hydrogen) atoms. The monoisotopic (exact) mass is 499 g/mol. The maximum Gasteiger partial charge on any atom is 0.338 e. The first-order valence-corrected chi connectivity index (χ1v) is 13.0. The van der Waals surface area contributed by atoms with E-state index in [2.05, 4.69) is 54.2 Å². The summed E-state index contributed by atoms with van der Waals surface area (Å²) in [5.41, 5.74) is 11.3. The number of carbonyl (C=O) groups is 2. The van der Waals surface area contributed by atoms with Crippen molar-refractivity contribution in [2.24, 2.45) is 5.92 Å². The molecule has 2 N–H and O–H groups in total. The zero-order chi connectivity index (χ0) is 25.9. The van der Waals surface area contributed by atoms with Crippen LogP contribution in [-0.4, -0.2) is 31.1 Å². The van der Waals surface area contributed by atoms with Crippen molar-refractivity contribution in [3.05, 3.63) is 95.1 Å². The Morgan fingerprint density at radius 2 is 1.46 bits per heavy atom. The van der Waals surface area contributed by atoms with Crippen molar-refractivity contribution in [2.45, 2.75) is 45.3 Å². The number of carbonyl (C=O) groups excluding carboxylic acids is 2. The molecule has 2 saturated heterocycles. The molecule has 3 aromatic rings. The number of rotatable bonds is 8. The summed E-state index contributed by atoms with van der Waals surface area (Å²) < 4.78 is 10.8. The van der Waals surface area contributed by atoms with Crippen molar-refractivity contribution in [1.82, 2.24) is 10.9 Å². The Morgan fingerprint density at radius 1 is 0.811 bits per heavy atom. The molecular formula is C30H33N3O4. The zero-order valence-electron chi connectivity index (χ0n) is 21.4. The predicted molar refractivity (Wildman–Crippen MR) is 142 cm³/mol. The first-order chi connectivity index (χ1) is 18.0. The third-order valence-corrected chi connectivity index (χ3v) is 7.25. The summed E-state index contributed by atoms with van der Waals surface area (Å²) in [7, 11) is 0. The number of hydrogen-bond acceptors (Lipinski definition) is 6. The fourth-order valence-corrected chi connectivity index (χ4v) is 5.44. The van der Waals surface area contributed by atoms with E-state index in [0.29, 0.717) is 18.8 Å². The number of ether oxygens (including phenoxy) is 2. The average Bonchev–Trinajstić information content (AvgIpc) is 3.48. The molecule has 0 radical (unpaired) electrons. The van der Waals surface area contributed by atoms with Crippen LogP contribution in [0.15, 0.2) is 72.8 Å². The van der Waals surface area contributed by atoms with Crippen LogP contribution in [-0.2, 0) is 16.0 Å². The number of amides is 1. The van der Waals surface area contributed by atoms with Gasteiger partial charge in [0.1, 0.15) is 11.8 Å². The molecule has 2 fully saturated rings. The van der Waals surface area contributed by atoms with Gasteiger partial charge in [0.15, 0.2) is 0 Å². The number of benzene rings is 3. The van der Waals surface area contributed by atoms with Crippen molar-refractivity contribution in [3.8, 4) is 5.75 Å². The van der Waals surface area contributed by atoms with Gasteiger partial charge < -0.3 is 14.4 Å². The van der Waals surface area contributed by atoms with Crippen molar-refractivity contribution >= 4 is 17.6 Å². The largest absolute Gasteiger partial charge is 0.494 e. The van der Waals surface area contributed by atoms with Gasteiger partial charge in [-0.2, -0.15) is 0 Å². The standard InChI is InChI=1S/C30H33N3O4/c1-4-19-7-9-21(10-8-19)28-25-26(20-13-17-24(18-14-20)36-5-2)31-32-27(25)29(34)33(28)23-15-11-22(12-16-23)30(35)37-6-3/h7-18,25-28,31-32H,4-6H2,1-3H3. The molecule has 4 unspecified atom stereocenters. The average molecular weight is 500 g/mol. The van der Waals surface area contributed by atoms with Crippen LogP contribution >= 0.6 is 0 Å². The van der Waals surface area contributed by atoms with Crippen LogP contribution in [0.4, 0.5) is 5.69 Å². The highest BCUT2D eigenvalue weighted by atomic mass is 16.5. The summed E-state index contributed by atoms with van der Waals surface area (Å²) in [6.45, 7) is 6.81. The SMILES string of the molecule is CCOC(=O)c1ccc(N2C(=O)C3NNC(c4ccc(OCC)cc4)C3C2c2ccc(CC)cc2)cc1. The van der Waals surface area contributed by atoms with E-state index in [0.717, 1.165) is 29.0 Å². The summed E-state index contributed by atoms with van der Waals surface area (Å²) in [5, 5.41) is 0. The molecule has 0 bridgehead atoms. The van der Waals surface area contributed by atoms with Crippen molar-refractivity contribution in [1.29, 1.82) is 0 Å². The Balaban J connectivity index is 1.53. The molecule has 1 amide bonds. The summed E-state index contributed by atoms with van der Waals surface area (Å²) in [4.78, 5) is 27.9.